The lowest BCUT2D eigenvalue weighted by Crippen LogP contribution is -2.62. The molecule has 5 aromatic rings. The summed E-state index contributed by atoms with van der Waals surface area (Å²) in [6, 6.07) is -0.641. The average molecular weight is 1790 g/mol. The number of fused-ring (bicyclic) bond motifs is 4. The topological polar surface area (TPSA) is 561 Å². The number of primary amides is 2. The molecule has 3 saturated heterocycles. The van der Waals surface area contributed by atoms with E-state index in [9.17, 15) is 63.0 Å². The Morgan fingerprint density at radius 1 is 0.576 bits per heavy atom. The number of nitrogens with one attached hydrogen (secondary N) is 11. The highest BCUT2D eigenvalue weighted by atomic mass is 32.2. The van der Waals surface area contributed by atoms with Crippen molar-refractivity contribution in [2.24, 2.45) is 23.1 Å². The zero-order valence-corrected chi connectivity index (χ0v) is 74.1. The van der Waals surface area contributed by atoms with Gasteiger partial charge in [-0.2, -0.15) is 11.8 Å². The largest absolute Gasteiger partial charge is 0.508 e. The highest BCUT2D eigenvalue weighted by Crippen LogP contribution is 2.30. The van der Waals surface area contributed by atoms with Crippen LogP contribution in [0.15, 0.2) is 84.4 Å². The lowest BCUT2D eigenvalue weighted by molar-refractivity contribution is -0.149. The smallest absolute Gasteiger partial charge is 0.246 e. The number of hydrogen-bond acceptors (Lipinski definition) is 23. The molecule has 38 nitrogen and oxygen atoms in total. The third-order valence-corrected chi connectivity index (χ3v) is 25.0. The SMILES string of the molecule is CCCC[C@H]1C(=O)N(C)[C@@H](CCSC)C(=O)N[C@@H](C)C(=O)NC(C(=O)NCC(N)=O)CSCC(=O)N[C@@H](Cc2ccc(O)cc2)C(=O)N(C)[C@@H](C)C(=O)N[C@@H](CC(N)=O)C(=O)N2CCC[C@H]2C(=O)N[C@@H](CN)C(=O)N[C@@H](CC(C)C)C(=O)N2CCC[C@H]2C(=O)N[C@@H](Cc2c[nH]c3ccccc23)C(=O)N[C@@H](CO)C(=O)N[C@@H](Cc2csc3ccccc23)C(=O)N1C. The molecule has 19 N–H and O–H groups in total. The molecule has 2 aromatic heterocycles. The van der Waals surface area contributed by atoms with Crippen molar-refractivity contribution in [3.8, 4) is 5.75 Å². The number of carbonyl (C=O) groups is 17. The molecule has 3 aliphatic rings. The van der Waals surface area contributed by atoms with Crippen LogP contribution in [0.4, 0.5) is 0 Å². The molecule has 0 radical (unpaired) electrons. The van der Waals surface area contributed by atoms with Crippen molar-refractivity contribution >= 4 is 156 Å². The van der Waals surface area contributed by atoms with Crippen molar-refractivity contribution in [1.29, 1.82) is 0 Å². The minimum Gasteiger partial charge on any atom is -0.508 e. The summed E-state index contributed by atoms with van der Waals surface area (Å²) in [5, 5.41) is 50.7. The zero-order chi connectivity index (χ0) is 91.6. The maximum atomic E-state index is 15.6. The predicted octanol–water partition coefficient (Wildman–Crippen LogP) is -1.85. The molecule has 3 fully saturated rings. The first-order chi connectivity index (χ1) is 59.5. The number of likely N-dealkylation sites (N-methyl/N-ethyl adjacent to an activating group) is 3. The van der Waals surface area contributed by atoms with Crippen LogP contribution in [-0.2, 0) is 101 Å². The number of aromatic hydroxyl groups is 1. The van der Waals surface area contributed by atoms with Crippen molar-refractivity contribution in [1.82, 2.24) is 82.7 Å². The van der Waals surface area contributed by atoms with Gasteiger partial charge in [-0.05, 0) is 128 Å². The van der Waals surface area contributed by atoms with Crippen LogP contribution in [0.25, 0.3) is 21.0 Å². The van der Waals surface area contributed by atoms with Crippen molar-refractivity contribution in [3.63, 3.8) is 0 Å². The van der Waals surface area contributed by atoms with Gasteiger partial charge in [0.05, 0.1) is 25.3 Å². The monoisotopic (exact) mass is 1790 g/mol. The first-order valence-corrected chi connectivity index (χ1v) is 45.1. The fraction of sp³-hybridized carbons (Fsp3) is 0.536. The maximum Gasteiger partial charge on any atom is 0.246 e. The van der Waals surface area contributed by atoms with Gasteiger partial charge in [-0.3, -0.25) is 81.5 Å². The number of phenols is 1. The number of para-hydroxylation sites is 1. The van der Waals surface area contributed by atoms with Crippen LogP contribution >= 0.6 is 34.9 Å². The van der Waals surface area contributed by atoms with Gasteiger partial charge in [0.25, 0.3) is 0 Å². The Hall–Kier alpha value is -11.4. The van der Waals surface area contributed by atoms with Crippen LogP contribution in [0, 0.1) is 5.92 Å². The fourth-order valence-electron chi connectivity index (χ4n) is 15.2. The first-order valence-electron chi connectivity index (χ1n) is 41.6. The van der Waals surface area contributed by atoms with E-state index < -0.39 is 217 Å². The molecule has 14 atom stereocenters. The predicted molar refractivity (Wildman–Crippen MR) is 469 cm³/mol. The molecule has 41 heteroatoms. The second-order valence-corrected chi connectivity index (χ2v) is 34.9. The van der Waals surface area contributed by atoms with Crippen LogP contribution < -0.4 is 70.4 Å². The molecule has 0 saturated carbocycles. The number of nitrogens with zero attached hydrogens (tertiary/aromatic N) is 5. The number of aliphatic hydroxyl groups excluding tert-OH is 1. The number of nitrogens with two attached hydrogens (primary N) is 3. The number of carbonyl (C=O) groups excluding carboxylic acids is 17. The Balaban J connectivity index is 1.15. The van der Waals surface area contributed by atoms with E-state index in [0.717, 1.165) is 36.5 Å². The molecule has 0 aliphatic carbocycles. The summed E-state index contributed by atoms with van der Waals surface area (Å²) < 4.78 is 0.837. The van der Waals surface area contributed by atoms with Gasteiger partial charge < -0.3 is 110 Å². The van der Waals surface area contributed by atoms with E-state index in [4.69, 9.17) is 17.2 Å². The van der Waals surface area contributed by atoms with E-state index >= 15 is 28.8 Å². The summed E-state index contributed by atoms with van der Waals surface area (Å²) in [6.45, 7) is 5.66. The molecule has 0 spiro atoms. The Bertz CT molecular complexity index is 4720. The molecule has 1 unspecified atom stereocenters. The molecule has 17 amide bonds. The van der Waals surface area contributed by atoms with Gasteiger partial charge >= 0.3 is 0 Å². The first kappa shape index (κ1) is 99.0. The number of hydrogen-bond donors (Lipinski definition) is 16. The number of H-pyrrole nitrogens is 1. The van der Waals surface area contributed by atoms with E-state index in [0.29, 0.717) is 46.2 Å². The maximum absolute atomic E-state index is 15.6. The summed E-state index contributed by atoms with van der Waals surface area (Å²) in [5.74, 6) is -16.2. The normalized spacial score (nSPS) is 25.3. The van der Waals surface area contributed by atoms with Gasteiger partial charge in [0.1, 0.15) is 90.3 Å². The number of thiophene rings is 1. The highest BCUT2D eigenvalue weighted by molar-refractivity contribution is 8.00. The third-order valence-electron chi connectivity index (χ3n) is 22.3. The summed E-state index contributed by atoms with van der Waals surface area (Å²) in [6.07, 6.45) is 3.50. The lowest BCUT2D eigenvalue weighted by atomic mass is 10.0. The summed E-state index contributed by atoms with van der Waals surface area (Å²) in [4.78, 5) is 254. The minimum atomic E-state index is -1.82. The van der Waals surface area contributed by atoms with Crippen molar-refractivity contribution in [3.05, 3.63) is 101 Å². The Morgan fingerprint density at radius 3 is 1.76 bits per heavy atom. The quantitative estimate of drug-likeness (QED) is 0.0383. The Morgan fingerprint density at radius 2 is 1.14 bits per heavy atom. The number of aromatic nitrogens is 1. The second kappa shape index (κ2) is 47.1. The van der Waals surface area contributed by atoms with Gasteiger partial charge in [-0.25, -0.2) is 0 Å². The van der Waals surface area contributed by atoms with Crippen LogP contribution in [0.2, 0.25) is 0 Å². The summed E-state index contributed by atoms with van der Waals surface area (Å²) >= 11 is 3.50. The Labute approximate surface area is 736 Å². The number of benzene rings is 3. The average Bonchev–Trinajstić information content (AvgIpc) is 1.74. The molecule has 680 valence electrons. The van der Waals surface area contributed by atoms with Crippen molar-refractivity contribution in [2.75, 3.05) is 77.4 Å². The highest BCUT2D eigenvalue weighted by Gasteiger charge is 2.45. The second-order valence-electron chi connectivity index (χ2n) is 31.9. The molecular weight excluding hydrogens is 1680 g/mol. The van der Waals surface area contributed by atoms with Gasteiger partial charge in [-0.1, -0.05) is 82.1 Å². The van der Waals surface area contributed by atoms with E-state index in [-0.39, 0.29) is 94.7 Å². The zero-order valence-electron chi connectivity index (χ0n) is 71.6. The van der Waals surface area contributed by atoms with Gasteiger partial charge in [0, 0.05) is 87.6 Å². The third kappa shape index (κ3) is 27.0. The number of rotatable bonds is 21. The van der Waals surface area contributed by atoms with E-state index in [2.05, 4.69) is 58.2 Å². The number of thioether (sulfide) groups is 2. The van der Waals surface area contributed by atoms with Gasteiger partial charge in [-0.15, -0.1) is 23.1 Å². The van der Waals surface area contributed by atoms with Gasteiger partial charge in [0.15, 0.2) is 0 Å². The Kier molecular flexibility index (Phi) is 37.3. The van der Waals surface area contributed by atoms with Crippen LogP contribution in [0.3, 0.4) is 0 Å². The molecule has 3 aromatic carbocycles. The fourth-order valence-corrected chi connectivity index (χ4v) is 17.5. The molecule has 3 aliphatic heterocycles. The van der Waals surface area contributed by atoms with Crippen LogP contribution in [0.5, 0.6) is 5.75 Å². The van der Waals surface area contributed by atoms with E-state index in [1.54, 1.807) is 56.6 Å². The standard InChI is InChI=1S/C84H117N19O19S3/c1-10-11-21-66-84(122)100(7)63(29-32-123-9)77(115)90-46(4)71(109)98-62(73(111)89-40-69(87)107)43-124-44-70(108)91-57(34-48-25-27-51(105)28-26-48)80(118)99(6)47(5)72(110)93-59(37-68(86)106)83(121)103-31-17-23-65(103)79(117)96-60(38-85)75(113)94-56(33-45(2)3)82(120)102-30-16-22-64(102)78(116)92-55(35-49-39-88-54-20-14-12-18-52(49)54)74(112)97-61(41-104)76(114)95-58(81(119)101(66)8)36-50-42-125-67-24-15-13-19-53(50)67/h12-15,18-20,24-28,39,42,45-47,55-66,88,104-105H,10-11,16-17,21-23,29-38,40-41,43-44,85H2,1-9H3,(H2,86,106)(H2,87,107)(H,89,111)(H,90,115)(H,91,108)(H,92,116)(H,93,110)(H,94,113)(H,95,114)(H,96,117)(H,97,112)(H,98,109)/t46-,47-,55-,56-,57-,58-,59-,60-,61-,62?,63-,64-,65-,66-/m0/s1. The molecule has 8 rings (SSSR count). The van der Waals surface area contributed by atoms with Gasteiger partial charge in [0.2, 0.25) is 100 Å². The van der Waals surface area contributed by atoms with E-state index in [1.165, 1.54) is 92.2 Å². The number of aromatic amines is 1. The van der Waals surface area contributed by atoms with Crippen LogP contribution in [0.1, 0.15) is 116 Å². The minimum absolute atomic E-state index is 0.00352. The molecule has 5 heterocycles. The molecular formula is C84H117N19O19S3. The van der Waals surface area contributed by atoms with Crippen LogP contribution in [-0.4, -0.2) is 302 Å². The number of aliphatic hydroxyl groups is 1. The number of unbranched alkanes of at least 4 members (excludes halogenated alkanes) is 1. The summed E-state index contributed by atoms with van der Waals surface area (Å²) in [7, 11) is 3.96. The van der Waals surface area contributed by atoms with Crippen molar-refractivity contribution < 1.29 is 91.7 Å². The summed E-state index contributed by atoms with van der Waals surface area (Å²) in [5.41, 5.74) is 19.5. The van der Waals surface area contributed by atoms with E-state index in [1.807, 2.05) is 30.5 Å². The molecule has 125 heavy (non-hydrogen) atoms. The number of phenolic OH excluding ortho intramolecular Hbond substituents is 1. The lowest BCUT2D eigenvalue weighted by Gasteiger charge is -2.36. The molecule has 0 bridgehead atoms. The van der Waals surface area contributed by atoms with Crippen molar-refractivity contribution in [2.45, 2.75) is 203 Å². The number of amides is 17.